The van der Waals surface area contributed by atoms with Crippen molar-refractivity contribution in [1.82, 2.24) is 24.1 Å². The van der Waals surface area contributed by atoms with Crippen molar-refractivity contribution in [2.45, 2.75) is 18.6 Å². The third-order valence-corrected chi connectivity index (χ3v) is 4.22. The lowest BCUT2D eigenvalue weighted by molar-refractivity contribution is 0.160. The number of hydrogen-bond acceptors (Lipinski definition) is 6. The normalized spacial score (nSPS) is 11.9. The van der Waals surface area contributed by atoms with Crippen LogP contribution in [0, 0.1) is 6.92 Å². The highest BCUT2D eigenvalue weighted by Crippen LogP contribution is 2.14. The van der Waals surface area contributed by atoms with Gasteiger partial charge in [0.25, 0.3) is 0 Å². The molecule has 0 amide bonds. The number of halogens is 1. The van der Waals surface area contributed by atoms with Gasteiger partial charge in [-0.2, -0.15) is 9.50 Å². The Morgan fingerprint density at radius 2 is 2.28 bits per heavy atom. The largest absolute Gasteiger partial charge is 0.390 e. The molecule has 3 aromatic heterocycles. The second-order valence-electron chi connectivity index (χ2n) is 5.21. The van der Waals surface area contributed by atoms with Crippen molar-refractivity contribution in [2.75, 3.05) is 12.9 Å². The zero-order valence-electron chi connectivity index (χ0n) is 13.9. The summed E-state index contributed by atoms with van der Waals surface area (Å²) in [7, 11) is 0. The Hall–Kier alpha value is -2.32. The number of nitrogens with zero attached hydrogens (tertiary/aromatic N) is 6. The molecule has 0 N–H and O–H groups in total. The van der Waals surface area contributed by atoms with Gasteiger partial charge in [0.1, 0.15) is 11.8 Å². The number of fused-ring (bicyclic) bond motifs is 1. The van der Waals surface area contributed by atoms with Crippen molar-refractivity contribution >= 4 is 29.1 Å². The van der Waals surface area contributed by atoms with Gasteiger partial charge in [0.15, 0.2) is 5.49 Å². The average molecular weight is 377 g/mol. The predicted molar refractivity (Wildman–Crippen MR) is 97.6 cm³/mol. The van der Waals surface area contributed by atoms with Crippen molar-refractivity contribution < 1.29 is 4.84 Å². The van der Waals surface area contributed by atoms with E-state index in [1.807, 2.05) is 29.9 Å². The van der Waals surface area contributed by atoms with Crippen LogP contribution >= 0.6 is 23.4 Å². The fraction of sp³-hybridized carbons (Fsp3) is 0.250. The lowest BCUT2D eigenvalue weighted by Gasteiger charge is -2.12. The second kappa shape index (κ2) is 7.71. The minimum Gasteiger partial charge on any atom is -0.390 e. The Kier molecular flexibility index (Phi) is 5.40. The maximum Gasteiger partial charge on any atom is 0.235 e. The van der Waals surface area contributed by atoms with Crippen LogP contribution in [0.1, 0.15) is 11.3 Å². The number of aryl methyl sites for hydroxylation is 1. The number of thioether (sulfide) groups is 1. The lowest BCUT2D eigenvalue weighted by Crippen LogP contribution is -2.22. The molecule has 0 bridgehead atoms. The molecule has 130 valence electrons. The van der Waals surface area contributed by atoms with Gasteiger partial charge in [-0.15, -0.1) is 5.10 Å². The van der Waals surface area contributed by atoms with Gasteiger partial charge in [0.2, 0.25) is 10.9 Å². The monoisotopic (exact) mass is 376 g/mol. The summed E-state index contributed by atoms with van der Waals surface area (Å²) in [6.45, 7) is 6.53. The minimum atomic E-state index is 0.329. The topological polar surface area (TPSA) is 69.6 Å². The van der Waals surface area contributed by atoms with Gasteiger partial charge in [0, 0.05) is 18.0 Å². The van der Waals surface area contributed by atoms with E-state index in [1.54, 1.807) is 22.9 Å². The quantitative estimate of drug-likeness (QED) is 0.217. The molecular formula is C16H17ClN6OS. The van der Waals surface area contributed by atoms with Gasteiger partial charge < -0.3 is 9.40 Å². The Morgan fingerprint density at radius 1 is 1.44 bits per heavy atom. The van der Waals surface area contributed by atoms with Gasteiger partial charge in [-0.25, -0.2) is 4.98 Å². The maximum atomic E-state index is 5.86. The molecular weight excluding hydrogens is 360 g/mol. The van der Waals surface area contributed by atoms with Crippen LogP contribution < -0.4 is 5.49 Å². The van der Waals surface area contributed by atoms with Crippen LogP contribution in [-0.4, -0.2) is 37.0 Å². The van der Waals surface area contributed by atoms with Crippen molar-refractivity contribution in [3.8, 4) is 0 Å². The molecule has 0 atom stereocenters. The van der Waals surface area contributed by atoms with E-state index in [1.165, 1.54) is 11.8 Å². The van der Waals surface area contributed by atoms with Crippen LogP contribution in [0.2, 0.25) is 5.15 Å². The molecule has 0 aromatic carbocycles. The SMILES string of the molecule is C=CCO/N=c1\cc(C)n(Cc2ccc(Cl)nc2)c2nc(SC)nn12. The Bertz CT molecular complexity index is 963. The fourth-order valence-corrected chi connectivity index (χ4v) is 2.73. The van der Waals surface area contributed by atoms with Crippen LogP contribution in [0.15, 0.2) is 47.4 Å². The van der Waals surface area contributed by atoms with Crippen LogP contribution in [0.25, 0.3) is 5.78 Å². The molecule has 9 heteroatoms. The first kappa shape index (κ1) is 17.5. The highest BCUT2D eigenvalue weighted by molar-refractivity contribution is 7.98. The standard InChI is InChI=1S/C16H17ClN6OS/c1-4-7-24-21-14-8-11(2)22(10-12-5-6-13(17)18-9-12)16-19-15(25-3)20-23(14)16/h4-6,8-9H,1,7,10H2,2-3H3/b21-14+. The van der Waals surface area contributed by atoms with E-state index in [0.717, 1.165) is 11.3 Å². The van der Waals surface area contributed by atoms with Crippen molar-refractivity contribution in [3.63, 3.8) is 0 Å². The van der Waals surface area contributed by atoms with Crippen molar-refractivity contribution in [2.24, 2.45) is 5.16 Å². The molecule has 0 aliphatic rings. The van der Waals surface area contributed by atoms with Crippen LogP contribution in [-0.2, 0) is 11.4 Å². The smallest absolute Gasteiger partial charge is 0.235 e. The number of hydrogen-bond donors (Lipinski definition) is 0. The first-order valence-electron chi connectivity index (χ1n) is 7.51. The molecule has 7 nitrogen and oxygen atoms in total. The zero-order valence-corrected chi connectivity index (χ0v) is 15.5. The van der Waals surface area contributed by atoms with E-state index in [-0.39, 0.29) is 0 Å². The van der Waals surface area contributed by atoms with Crippen molar-refractivity contribution in [1.29, 1.82) is 0 Å². The van der Waals surface area contributed by atoms with E-state index in [2.05, 4.69) is 26.8 Å². The highest BCUT2D eigenvalue weighted by Gasteiger charge is 2.12. The molecule has 0 spiro atoms. The molecule has 0 unspecified atom stereocenters. The van der Waals surface area contributed by atoms with Crippen LogP contribution in [0.5, 0.6) is 0 Å². The van der Waals surface area contributed by atoms with E-state index < -0.39 is 0 Å². The average Bonchev–Trinajstić information content (AvgIpc) is 3.04. The van der Waals surface area contributed by atoms with E-state index >= 15 is 0 Å². The zero-order chi connectivity index (χ0) is 17.8. The third kappa shape index (κ3) is 3.85. The van der Waals surface area contributed by atoms with Gasteiger partial charge in [-0.05, 0) is 24.8 Å². The number of pyridine rings is 1. The third-order valence-electron chi connectivity index (χ3n) is 3.46. The summed E-state index contributed by atoms with van der Waals surface area (Å²) in [5.41, 5.74) is 2.57. The molecule has 25 heavy (non-hydrogen) atoms. The van der Waals surface area contributed by atoms with E-state index in [9.17, 15) is 0 Å². The van der Waals surface area contributed by atoms with Gasteiger partial charge >= 0.3 is 0 Å². The van der Waals surface area contributed by atoms with Crippen LogP contribution in [0.3, 0.4) is 0 Å². The Morgan fingerprint density at radius 3 is 2.96 bits per heavy atom. The van der Waals surface area contributed by atoms with Gasteiger partial charge in [-0.1, -0.05) is 47.2 Å². The van der Waals surface area contributed by atoms with Gasteiger partial charge in [0.05, 0.1) is 6.54 Å². The molecule has 0 aliphatic carbocycles. The van der Waals surface area contributed by atoms with Gasteiger partial charge in [-0.3, -0.25) is 0 Å². The lowest BCUT2D eigenvalue weighted by atomic mass is 10.2. The number of rotatable bonds is 6. The Labute approximate surface area is 154 Å². The second-order valence-corrected chi connectivity index (χ2v) is 6.37. The first-order chi connectivity index (χ1) is 12.1. The molecule has 0 radical (unpaired) electrons. The van der Waals surface area contributed by atoms with E-state index in [0.29, 0.717) is 34.7 Å². The maximum absolute atomic E-state index is 5.86. The summed E-state index contributed by atoms with van der Waals surface area (Å²) in [6.07, 6.45) is 5.32. The first-order valence-corrected chi connectivity index (χ1v) is 9.11. The molecule has 0 fully saturated rings. The fourth-order valence-electron chi connectivity index (χ4n) is 2.28. The molecule has 0 saturated carbocycles. The summed E-state index contributed by atoms with van der Waals surface area (Å²) in [6, 6.07) is 5.61. The Balaban J connectivity index is 2.12. The summed E-state index contributed by atoms with van der Waals surface area (Å²) >= 11 is 7.33. The van der Waals surface area contributed by atoms with Crippen molar-refractivity contribution in [3.05, 3.63) is 58.9 Å². The predicted octanol–water partition coefficient (Wildman–Crippen LogP) is 2.68. The summed E-state index contributed by atoms with van der Waals surface area (Å²) in [4.78, 5) is 13.9. The van der Waals surface area contributed by atoms with Crippen LogP contribution in [0.4, 0.5) is 0 Å². The number of aromatic nitrogens is 5. The summed E-state index contributed by atoms with van der Waals surface area (Å²) in [5, 5.41) is 9.74. The molecule has 3 heterocycles. The summed E-state index contributed by atoms with van der Waals surface area (Å²) in [5.74, 6) is 0.681. The molecule has 0 saturated heterocycles. The highest BCUT2D eigenvalue weighted by atomic mass is 35.5. The molecule has 3 rings (SSSR count). The minimum absolute atomic E-state index is 0.329. The van der Waals surface area contributed by atoms with E-state index in [4.69, 9.17) is 16.4 Å². The summed E-state index contributed by atoms with van der Waals surface area (Å²) < 4.78 is 3.72. The molecule has 3 aromatic rings. The molecule has 0 aliphatic heterocycles.